The first kappa shape index (κ1) is 12.4. The lowest BCUT2D eigenvalue weighted by molar-refractivity contribution is 0.346. The fourth-order valence-electron chi connectivity index (χ4n) is 0.887. The standard InChI is InChI=1S/C6H9Cl2N2O2PS/c1-10-5(8)4(7)6(9-10)13(14,11-2)12-3/h1-3H3. The van der Waals surface area contributed by atoms with Crippen molar-refractivity contribution in [1.82, 2.24) is 9.78 Å². The average Bonchev–Trinajstić information content (AvgIpc) is 2.45. The fourth-order valence-corrected chi connectivity index (χ4v) is 3.19. The smallest absolute Gasteiger partial charge is 0.240 e. The SMILES string of the molecule is COP(=S)(OC)c1nn(C)c(Cl)c1Cl. The van der Waals surface area contributed by atoms with Crippen LogP contribution in [0.1, 0.15) is 0 Å². The Labute approximate surface area is 97.3 Å². The first-order valence-electron chi connectivity index (χ1n) is 3.56. The van der Waals surface area contributed by atoms with Crippen LogP contribution in [0.3, 0.4) is 0 Å². The Morgan fingerprint density at radius 1 is 1.36 bits per heavy atom. The minimum Gasteiger partial charge on any atom is -0.328 e. The van der Waals surface area contributed by atoms with Crippen LogP contribution in [0.2, 0.25) is 10.2 Å². The number of hydrogen-bond donors (Lipinski definition) is 0. The summed E-state index contributed by atoms with van der Waals surface area (Å²) in [5, 5.41) is 4.69. The van der Waals surface area contributed by atoms with Gasteiger partial charge in [-0.2, -0.15) is 5.10 Å². The van der Waals surface area contributed by atoms with Gasteiger partial charge in [0.1, 0.15) is 10.2 Å². The van der Waals surface area contributed by atoms with Crippen molar-refractivity contribution in [2.24, 2.45) is 7.05 Å². The van der Waals surface area contributed by atoms with Crippen molar-refractivity contribution >= 4 is 46.9 Å². The monoisotopic (exact) mass is 274 g/mol. The number of aryl methyl sites for hydroxylation is 1. The first-order valence-corrected chi connectivity index (χ1v) is 6.95. The largest absolute Gasteiger partial charge is 0.328 e. The third-order valence-electron chi connectivity index (χ3n) is 1.65. The molecule has 8 heteroatoms. The maximum atomic E-state index is 5.94. The highest BCUT2D eigenvalue weighted by molar-refractivity contribution is 8.13. The molecule has 14 heavy (non-hydrogen) atoms. The highest BCUT2D eigenvalue weighted by Gasteiger charge is 2.28. The van der Waals surface area contributed by atoms with Crippen LogP contribution in [0.5, 0.6) is 0 Å². The maximum Gasteiger partial charge on any atom is 0.240 e. The molecule has 0 unspecified atom stereocenters. The summed E-state index contributed by atoms with van der Waals surface area (Å²) in [6, 6.07) is 0. The zero-order valence-corrected chi connectivity index (χ0v) is 11.0. The molecular formula is C6H9Cl2N2O2PS. The predicted molar refractivity (Wildman–Crippen MR) is 61.2 cm³/mol. The van der Waals surface area contributed by atoms with Gasteiger partial charge >= 0.3 is 0 Å². The Kier molecular flexibility index (Phi) is 3.97. The van der Waals surface area contributed by atoms with Crippen LogP contribution in [0.15, 0.2) is 0 Å². The minimum atomic E-state index is -2.59. The summed E-state index contributed by atoms with van der Waals surface area (Å²) >= 11 is 17.0. The van der Waals surface area contributed by atoms with Gasteiger partial charge in [0.25, 0.3) is 0 Å². The summed E-state index contributed by atoms with van der Waals surface area (Å²) in [4.78, 5) is 0. The van der Waals surface area contributed by atoms with Crippen LogP contribution >= 0.6 is 29.7 Å². The number of aromatic nitrogens is 2. The molecule has 0 atom stereocenters. The number of rotatable bonds is 3. The van der Waals surface area contributed by atoms with E-state index in [4.69, 9.17) is 44.1 Å². The van der Waals surface area contributed by atoms with Crippen LogP contribution in [0.4, 0.5) is 0 Å². The van der Waals surface area contributed by atoms with Crippen LogP contribution in [-0.2, 0) is 27.9 Å². The minimum absolute atomic E-state index is 0.293. The summed E-state index contributed by atoms with van der Waals surface area (Å²) in [5.74, 6) is 0. The van der Waals surface area contributed by atoms with E-state index >= 15 is 0 Å². The van der Waals surface area contributed by atoms with Crippen LogP contribution < -0.4 is 5.44 Å². The van der Waals surface area contributed by atoms with Gasteiger partial charge in [0.2, 0.25) is 6.49 Å². The van der Waals surface area contributed by atoms with Gasteiger partial charge in [0.05, 0.1) is 0 Å². The number of halogens is 2. The maximum absolute atomic E-state index is 5.94. The molecule has 0 aliphatic carbocycles. The van der Waals surface area contributed by atoms with Gasteiger partial charge in [-0.1, -0.05) is 23.2 Å². The van der Waals surface area contributed by atoms with Crippen LogP contribution in [-0.4, -0.2) is 24.0 Å². The third-order valence-corrected chi connectivity index (χ3v) is 5.87. The first-order chi connectivity index (χ1) is 6.46. The highest BCUT2D eigenvalue weighted by atomic mass is 35.5. The van der Waals surface area contributed by atoms with Crippen molar-refractivity contribution in [3.63, 3.8) is 0 Å². The normalized spacial score (nSPS) is 12.1. The quantitative estimate of drug-likeness (QED) is 0.790. The average molecular weight is 275 g/mol. The van der Waals surface area contributed by atoms with E-state index in [-0.39, 0.29) is 0 Å². The van der Waals surface area contributed by atoms with Crippen molar-refractivity contribution in [3.05, 3.63) is 10.2 Å². The molecule has 0 fully saturated rings. The van der Waals surface area contributed by atoms with Gasteiger partial charge in [-0.3, -0.25) is 4.68 Å². The second kappa shape index (κ2) is 4.47. The van der Waals surface area contributed by atoms with E-state index in [1.54, 1.807) is 7.05 Å². The fraction of sp³-hybridized carbons (Fsp3) is 0.500. The summed E-state index contributed by atoms with van der Waals surface area (Å²) in [5.41, 5.74) is 0.395. The van der Waals surface area contributed by atoms with Gasteiger partial charge in [-0.05, 0) is 11.8 Å². The zero-order valence-electron chi connectivity index (χ0n) is 7.82. The van der Waals surface area contributed by atoms with Gasteiger partial charge in [-0.15, -0.1) is 0 Å². The molecule has 1 aromatic heterocycles. The molecule has 0 aromatic carbocycles. The molecule has 1 aromatic rings. The lowest BCUT2D eigenvalue weighted by Crippen LogP contribution is -2.11. The Balaban J connectivity index is 3.32. The molecular weight excluding hydrogens is 266 g/mol. The molecule has 0 aliphatic rings. The zero-order chi connectivity index (χ0) is 10.9. The molecule has 1 rings (SSSR count). The Hall–Kier alpha value is 0.360. The Morgan fingerprint density at radius 2 is 1.86 bits per heavy atom. The lowest BCUT2D eigenvalue weighted by Gasteiger charge is -2.14. The molecule has 0 saturated carbocycles. The van der Waals surface area contributed by atoms with Crippen molar-refractivity contribution < 1.29 is 9.05 Å². The summed E-state index contributed by atoms with van der Waals surface area (Å²) in [6.45, 7) is -2.59. The van der Waals surface area contributed by atoms with E-state index in [1.807, 2.05) is 0 Å². The summed E-state index contributed by atoms with van der Waals surface area (Å²) < 4.78 is 11.6. The van der Waals surface area contributed by atoms with Crippen molar-refractivity contribution in [1.29, 1.82) is 0 Å². The van der Waals surface area contributed by atoms with Gasteiger partial charge in [0, 0.05) is 21.3 Å². The lowest BCUT2D eigenvalue weighted by atomic mass is 10.7. The van der Waals surface area contributed by atoms with Crippen molar-refractivity contribution in [2.45, 2.75) is 0 Å². The van der Waals surface area contributed by atoms with Crippen LogP contribution in [0, 0.1) is 0 Å². The molecule has 0 spiro atoms. The summed E-state index contributed by atoms with van der Waals surface area (Å²) in [7, 11) is 4.59. The van der Waals surface area contributed by atoms with E-state index in [0.717, 1.165) is 0 Å². The van der Waals surface area contributed by atoms with Crippen LogP contribution in [0.25, 0.3) is 0 Å². The molecule has 0 N–H and O–H groups in total. The second-order valence-corrected chi connectivity index (χ2v) is 6.74. The van der Waals surface area contributed by atoms with E-state index in [1.165, 1.54) is 18.9 Å². The second-order valence-electron chi connectivity index (χ2n) is 2.41. The Bertz CT molecular complexity index is 387. The van der Waals surface area contributed by atoms with Gasteiger partial charge in [0.15, 0.2) is 5.44 Å². The predicted octanol–water partition coefficient (Wildman–Crippen LogP) is 1.95. The van der Waals surface area contributed by atoms with Gasteiger partial charge < -0.3 is 9.05 Å². The van der Waals surface area contributed by atoms with Crippen molar-refractivity contribution in [3.8, 4) is 0 Å². The topological polar surface area (TPSA) is 36.3 Å². The highest BCUT2D eigenvalue weighted by Crippen LogP contribution is 2.47. The van der Waals surface area contributed by atoms with E-state index in [9.17, 15) is 0 Å². The summed E-state index contributed by atoms with van der Waals surface area (Å²) in [6.07, 6.45) is 0. The molecule has 0 saturated heterocycles. The molecule has 80 valence electrons. The van der Waals surface area contributed by atoms with Crippen molar-refractivity contribution in [2.75, 3.05) is 14.2 Å². The third kappa shape index (κ3) is 1.98. The van der Waals surface area contributed by atoms with Gasteiger partial charge in [-0.25, -0.2) is 0 Å². The molecule has 1 heterocycles. The molecule has 4 nitrogen and oxygen atoms in total. The molecule has 0 amide bonds. The number of nitrogens with zero attached hydrogens (tertiary/aromatic N) is 2. The van der Waals surface area contributed by atoms with E-state index in [0.29, 0.717) is 15.6 Å². The molecule has 0 aliphatic heterocycles. The van der Waals surface area contributed by atoms with E-state index < -0.39 is 6.49 Å². The Morgan fingerprint density at radius 3 is 2.14 bits per heavy atom. The molecule has 0 bridgehead atoms. The number of hydrogen-bond acceptors (Lipinski definition) is 4. The van der Waals surface area contributed by atoms with E-state index in [2.05, 4.69) is 5.10 Å². The molecule has 0 radical (unpaired) electrons.